The van der Waals surface area contributed by atoms with Crippen molar-refractivity contribution in [3.05, 3.63) is 69.9 Å². The van der Waals surface area contributed by atoms with Gasteiger partial charge in [-0.2, -0.15) is 0 Å². The maximum atomic E-state index is 12.8. The molecule has 0 saturated heterocycles. The third-order valence-electron chi connectivity index (χ3n) is 3.87. The number of ether oxygens (including phenoxy) is 1. The Morgan fingerprint density at radius 3 is 2.50 bits per heavy atom. The van der Waals surface area contributed by atoms with Crippen molar-refractivity contribution in [2.45, 2.75) is 20.0 Å². The van der Waals surface area contributed by atoms with Gasteiger partial charge >= 0.3 is 0 Å². The number of non-ortho nitro benzene ring substituents is 1. The third-order valence-corrected chi connectivity index (χ3v) is 3.87. The van der Waals surface area contributed by atoms with Crippen LogP contribution in [0.15, 0.2) is 48.5 Å². The molecule has 0 aliphatic rings. The van der Waals surface area contributed by atoms with E-state index in [9.17, 15) is 14.9 Å². The lowest BCUT2D eigenvalue weighted by Crippen LogP contribution is -2.24. The summed E-state index contributed by atoms with van der Waals surface area (Å²) in [5, 5.41) is 11.5. The molecule has 0 fully saturated rings. The van der Waals surface area contributed by atoms with Crippen LogP contribution in [0.25, 0.3) is 10.9 Å². The van der Waals surface area contributed by atoms with Gasteiger partial charge in [0.25, 0.3) is 5.69 Å². The molecule has 3 rings (SSSR count). The Labute approximate surface area is 138 Å². The van der Waals surface area contributed by atoms with Crippen LogP contribution in [0.1, 0.15) is 23.0 Å². The molecule has 1 heterocycles. The van der Waals surface area contributed by atoms with E-state index in [-0.39, 0.29) is 11.5 Å². The van der Waals surface area contributed by atoms with Crippen LogP contribution in [-0.4, -0.2) is 21.8 Å². The minimum Gasteiger partial charge on any atom is -0.483 e. The smallest absolute Gasteiger partial charge is 0.269 e. The standard InChI is InChI=1S/C18H16N2O4/c1-11-17(15-5-3-4-6-16(15)19-11)18(21)12(2)24-14-9-7-13(8-10-14)20(22)23/h3-10,12,19H,1-2H3/t12-/m1/s1. The van der Waals surface area contributed by atoms with E-state index in [1.54, 1.807) is 6.92 Å². The molecule has 0 aliphatic heterocycles. The van der Waals surface area contributed by atoms with Gasteiger partial charge in [0.15, 0.2) is 6.10 Å². The molecule has 2 aromatic carbocycles. The van der Waals surface area contributed by atoms with Gasteiger partial charge in [-0.3, -0.25) is 14.9 Å². The van der Waals surface area contributed by atoms with Crippen LogP contribution in [-0.2, 0) is 0 Å². The van der Waals surface area contributed by atoms with Crippen LogP contribution in [0.4, 0.5) is 5.69 Å². The predicted molar refractivity (Wildman–Crippen MR) is 90.6 cm³/mol. The second-order valence-electron chi connectivity index (χ2n) is 5.55. The number of hydrogen-bond donors (Lipinski definition) is 1. The summed E-state index contributed by atoms with van der Waals surface area (Å²) in [5.74, 6) is 0.280. The van der Waals surface area contributed by atoms with Gasteiger partial charge in [0, 0.05) is 34.3 Å². The summed E-state index contributed by atoms with van der Waals surface area (Å²) in [6.07, 6.45) is -0.704. The summed E-state index contributed by atoms with van der Waals surface area (Å²) in [6.45, 7) is 3.52. The van der Waals surface area contributed by atoms with Crippen LogP contribution in [0.2, 0.25) is 0 Å². The molecule has 6 heteroatoms. The lowest BCUT2D eigenvalue weighted by molar-refractivity contribution is -0.384. The number of nitro groups is 1. The normalized spacial score (nSPS) is 12.1. The highest BCUT2D eigenvalue weighted by Crippen LogP contribution is 2.25. The number of aromatic amines is 1. The van der Waals surface area contributed by atoms with E-state index in [4.69, 9.17) is 4.74 Å². The van der Waals surface area contributed by atoms with E-state index in [2.05, 4.69) is 4.98 Å². The van der Waals surface area contributed by atoms with E-state index >= 15 is 0 Å². The first-order valence-electron chi connectivity index (χ1n) is 7.50. The molecule has 1 N–H and O–H groups in total. The first-order valence-corrected chi connectivity index (χ1v) is 7.50. The van der Waals surface area contributed by atoms with Crippen molar-refractivity contribution in [1.29, 1.82) is 0 Å². The van der Waals surface area contributed by atoms with Gasteiger partial charge < -0.3 is 9.72 Å². The number of carbonyl (C=O) groups is 1. The Morgan fingerprint density at radius 1 is 1.17 bits per heavy atom. The number of nitrogens with one attached hydrogen (secondary N) is 1. The fourth-order valence-electron chi connectivity index (χ4n) is 2.70. The first-order chi connectivity index (χ1) is 11.5. The third kappa shape index (κ3) is 2.86. The summed E-state index contributed by atoms with van der Waals surface area (Å²) in [7, 11) is 0. The van der Waals surface area contributed by atoms with Crippen LogP contribution in [0.3, 0.4) is 0 Å². The molecule has 1 aromatic heterocycles. The zero-order chi connectivity index (χ0) is 17.3. The second-order valence-corrected chi connectivity index (χ2v) is 5.55. The lowest BCUT2D eigenvalue weighted by atomic mass is 10.0. The number of Topliss-reactive ketones (excluding diaryl/α,β-unsaturated/α-hetero) is 1. The molecule has 24 heavy (non-hydrogen) atoms. The summed E-state index contributed by atoms with van der Waals surface area (Å²) in [6, 6.07) is 13.3. The van der Waals surface area contributed by atoms with E-state index < -0.39 is 11.0 Å². The molecule has 6 nitrogen and oxygen atoms in total. The number of hydrogen-bond acceptors (Lipinski definition) is 4. The van der Waals surface area contributed by atoms with Gasteiger partial charge in [-0.1, -0.05) is 18.2 Å². The molecule has 122 valence electrons. The molecule has 0 unspecified atom stereocenters. The van der Waals surface area contributed by atoms with Gasteiger partial charge in [-0.15, -0.1) is 0 Å². The largest absolute Gasteiger partial charge is 0.483 e. The van der Waals surface area contributed by atoms with Crippen molar-refractivity contribution in [2.24, 2.45) is 0 Å². The number of ketones is 1. The molecular formula is C18H16N2O4. The number of rotatable bonds is 5. The fourth-order valence-corrected chi connectivity index (χ4v) is 2.70. The van der Waals surface area contributed by atoms with Crippen molar-refractivity contribution in [3.63, 3.8) is 0 Å². The SMILES string of the molecule is Cc1[nH]c2ccccc2c1C(=O)[C@@H](C)Oc1ccc([N+](=O)[O-])cc1. The van der Waals surface area contributed by atoms with Crippen molar-refractivity contribution < 1.29 is 14.5 Å². The van der Waals surface area contributed by atoms with E-state index in [1.165, 1.54) is 24.3 Å². The Balaban J connectivity index is 1.84. The average molecular weight is 324 g/mol. The van der Waals surface area contributed by atoms with Gasteiger partial charge in [0.1, 0.15) is 5.75 Å². The van der Waals surface area contributed by atoms with Crippen LogP contribution >= 0.6 is 0 Å². The molecule has 1 atom stereocenters. The Morgan fingerprint density at radius 2 is 1.83 bits per heavy atom. The first kappa shape index (κ1) is 15.7. The summed E-state index contributed by atoms with van der Waals surface area (Å²) in [4.78, 5) is 26.2. The van der Waals surface area contributed by atoms with Crippen LogP contribution < -0.4 is 4.74 Å². The maximum Gasteiger partial charge on any atom is 0.269 e. The number of nitro benzene ring substituents is 1. The van der Waals surface area contributed by atoms with Crippen molar-refractivity contribution in [2.75, 3.05) is 0 Å². The number of benzene rings is 2. The number of H-pyrrole nitrogens is 1. The Kier molecular flexibility index (Phi) is 4.04. The van der Waals surface area contributed by atoms with Gasteiger partial charge in [-0.25, -0.2) is 0 Å². The molecule has 3 aromatic rings. The van der Waals surface area contributed by atoms with Crippen molar-refractivity contribution >= 4 is 22.4 Å². The Hall–Kier alpha value is -3.15. The molecule has 0 saturated carbocycles. The van der Waals surface area contributed by atoms with E-state index in [1.807, 2.05) is 31.2 Å². The number of carbonyl (C=O) groups excluding carboxylic acids is 1. The fraction of sp³-hybridized carbons (Fsp3) is 0.167. The topological polar surface area (TPSA) is 85.2 Å². The summed E-state index contributed by atoms with van der Waals surface area (Å²) < 4.78 is 5.65. The number of nitrogens with zero attached hydrogens (tertiary/aromatic N) is 1. The minimum absolute atomic E-state index is 0.0196. The minimum atomic E-state index is -0.704. The number of aromatic nitrogens is 1. The summed E-state index contributed by atoms with van der Waals surface area (Å²) >= 11 is 0. The zero-order valence-electron chi connectivity index (χ0n) is 13.3. The van der Waals surface area contributed by atoms with E-state index in [0.29, 0.717) is 11.3 Å². The molecule has 0 radical (unpaired) electrons. The number of fused-ring (bicyclic) bond motifs is 1. The van der Waals surface area contributed by atoms with Gasteiger partial charge in [0.2, 0.25) is 5.78 Å². The highest BCUT2D eigenvalue weighted by Gasteiger charge is 2.23. The predicted octanol–water partition coefficient (Wildman–Crippen LogP) is 4.03. The molecule has 0 spiro atoms. The van der Waals surface area contributed by atoms with Gasteiger partial charge in [0.05, 0.1) is 4.92 Å². The second kappa shape index (κ2) is 6.16. The van der Waals surface area contributed by atoms with Crippen LogP contribution in [0, 0.1) is 17.0 Å². The Bertz CT molecular complexity index is 912. The van der Waals surface area contributed by atoms with Crippen molar-refractivity contribution in [1.82, 2.24) is 4.98 Å². The highest BCUT2D eigenvalue weighted by molar-refractivity contribution is 6.11. The molecule has 0 bridgehead atoms. The summed E-state index contributed by atoms with van der Waals surface area (Å²) in [5.41, 5.74) is 2.29. The van der Waals surface area contributed by atoms with E-state index in [0.717, 1.165) is 16.6 Å². The molecule has 0 aliphatic carbocycles. The maximum absolute atomic E-state index is 12.8. The quantitative estimate of drug-likeness (QED) is 0.436. The number of aryl methyl sites for hydroxylation is 1. The van der Waals surface area contributed by atoms with Gasteiger partial charge in [-0.05, 0) is 32.0 Å². The monoisotopic (exact) mass is 324 g/mol. The highest BCUT2D eigenvalue weighted by atomic mass is 16.6. The van der Waals surface area contributed by atoms with Crippen LogP contribution in [0.5, 0.6) is 5.75 Å². The average Bonchev–Trinajstić information content (AvgIpc) is 2.90. The lowest BCUT2D eigenvalue weighted by Gasteiger charge is -2.13. The van der Waals surface area contributed by atoms with Crippen molar-refractivity contribution in [3.8, 4) is 5.75 Å². The molecule has 0 amide bonds. The molecular weight excluding hydrogens is 308 g/mol. The number of para-hydroxylation sites is 1. The zero-order valence-corrected chi connectivity index (χ0v) is 13.3.